The van der Waals surface area contributed by atoms with Gasteiger partial charge in [-0.15, -0.1) is 11.3 Å². The number of aliphatic imine (C=N–C) groups is 1. The Morgan fingerprint density at radius 2 is 2.21 bits per heavy atom. The van der Waals surface area contributed by atoms with Gasteiger partial charge in [-0.3, -0.25) is 0 Å². The number of hydrogen-bond acceptors (Lipinski definition) is 4. The molecule has 1 aliphatic rings. The average Bonchev–Trinajstić information content (AvgIpc) is 2.92. The van der Waals surface area contributed by atoms with E-state index in [1.807, 2.05) is 11.6 Å². The lowest BCUT2D eigenvalue weighted by Crippen LogP contribution is -2.30. The maximum atomic E-state index is 4.82. The SMILES string of the molecule is CCC1=Nc2ccccc2CC(c2nccs2)N1C. The number of benzene rings is 1. The number of hydrogen-bond donors (Lipinski definition) is 0. The number of amidine groups is 1. The Bertz CT molecular complexity index is 589. The zero-order valence-electron chi connectivity index (χ0n) is 11.2. The molecule has 0 radical (unpaired) electrons. The third-order valence-electron chi connectivity index (χ3n) is 3.58. The van der Waals surface area contributed by atoms with Crippen molar-refractivity contribution in [2.45, 2.75) is 25.8 Å². The van der Waals surface area contributed by atoms with E-state index in [9.17, 15) is 0 Å². The zero-order valence-corrected chi connectivity index (χ0v) is 12.0. The van der Waals surface area contributed by atoms with Crippen molar-refractivity contribution in [2.24, 2.45) is 4.99 Å². The summed E-state index contributed by atoms with van der Waals surface area (Å²) in [6, 6.07) is 8.71. The van der Waals surface area contributed by atoms with Gasteiger partial charge in [0.15, 0.2) is 0 Å². The number of aromatic nitrogens is 1. The molecule has 1 aromatic heterocycles. The van der Waals surface area contributed by atoms with Crippen LogP contribution in [0.2, 0.25) is 0 Å². The van der Waals surface area contributed by atoms with E-state index in [1.54, 1.807) is 11.3 Å². The van der Waals surface area contributed by atoms with Crippen LogP contribution in [0.5, 0.6) is 0 Å². The van der Waals surface area contributed by atoms with Gasteiger partial charge in [0.2, 0.25) is 0 Å². The number of rotatable bonds is 2. The molecular weight excluding hydrogens is 254 g/mol. The second-order valence-electron chi connectivity index (χ2n) is 4.71. The summed E-state index contributed by atoms with van der Waals surface area (Å²) in [6.45, 7) is 2.15. The van der Waals surface area contributed by atoms with Crippen LogP contribution in [0, 0.1) is 0 Å². The van der Waals surface area contributed by atoms with E-state index in [4.69, 9.17) is 4.99 Å². The highest BCUT2D eigenvalue weighted by molar-refractivity contribution is 7.09. The Morgan fingerprint density at radius 3 is 2.95 bits per heavy atom. The van der Waals surface area contributed by atoms with Crippen LogP contribution in [-0.4, -0.2) is 22.8 Å². The van der Waals surface area contributed by atoms with Gasteiger partial charge in [0.05, 0.1) is 11.7 Å². The molecule has 0 spiro atoms. The molecule has 0 saturated heterocycles. The first-order valence-corrected chi connectivity index (χ1v) is 7.45. The molecule has 98 valence electrons. The fourth-order valence-corrected chi connectivity index (χ4v) is 3.30. The fraction of sp³-hybridized carbons (Fsp3) is 0.333. The third-order valence-corrected chi connectivity index (χ3v) is 4.46. The molecule has 19 heavy (non-hydrogen) atoms. The van der Waals surface area contributed by atoms with E-state index in [0.29, 0.717) is 6.04 Å². The smallest absolute Gasteiger partial charge is 0.115 e. The van der Waals surface area contributed by atoms with Gasteiger partial charge in [-0.2, -0.15) is 0 Å². The summed E-state index contributed by atoms with van der Waals surface area (Å²) in [5, 5.41) is 3.21. The first-order chi connectivity index (χ1) is 9.29. The van der Waals surface area contributed by atoms with Gasteiger partial charge in [-0.05, 0) is 11.6 Å². The van der Waals surface area contributed by atoms with E-state index in [0.717, 1.165) is 24.4 Å². The first-order valence-electron chi connectivity index (χ1n) is 6.57. The highest BCUT2D eigenvalue weighted by atomic mass is 32.1. The number of nitrogens with zero attached hydrogens (tertiary/aromatic N) is 3. The lowest BCUT2D eigenvalue weighted by molar-refractivity contribution is 0.369. The summed E-state index contributed by atoms with van der Waals surface area (Å²) in [5.74, 6) is 1.13. The fourth-order valence-electron chi connectivity index (χ4n) is 2.52. The predicted molar refractivity (Wildman–Crippen MR) is 80.2 cm³/mol. The van der Waals surface area contributed by atoms with Crippen molar-refractivity contribution in [3.8, 4) is 0 Å². The quantitative estimate of drug-likeness (QED) is 0.831. The summed E-state index contributed by atoms with van der Waals surface area (Å²) in [5.41, 5.74) is 2.41. The maximum absolute atomic E-state index is 4.82. The summed E-state index contributed by atoms with van der Waals surface area (Å²) in [6.07, 6.45) is 3.79. The first kappa shape index (κ1) is 12.4. The van der Waals surface area contributed by atoms with Gasteiger partial charge >= 0.3 is 0 Å². The van der Waals surface area contributed by atoms with Crippen LogP contribution in [-0.2, 0) is 6.42 Å². The standard InChI is InChI=1S/C15H17N3S/c1-3-14-17-12-7-5-4-6-11(12)10-13(18(14)2)15-16-8-9-19-15/h4-9,13H,3,10H2,1-2H3. The van der Waals surface area contributed by atoms with Gasteiger partial charge in [0, 0.05) is 31.5 Å². The molecule has 1 aromatic carbocycles. The van der Waals surface area contributed by atoms with Crippen molar-refractivity contribution in [2.75, 3.05) is 7.05 Å². The van der Waals surface area contributed by atoms with E-state index >= 15 is 0 Å². The van der Waals surface area contributed by atoms with E-state index in [-0.39, 0.29) is 0 Å². The Hall–Kier alpha value is -1.68. The van der Waals surface area contributed by atoms with Gasteiger partial charge in [-0.25, -0.2) is 9.98 Å². The Kier molecular flexibility index (Phi) is 3.34. The maximum Gasteiger partial charge on any atom is 0.115 e. The molecule has 2 aromatic rings. The molecule has 1 unspecified atom stereocenters. The van der Waals surface area contributed by atoms with Crippen molar-refractivity contribution in [3.63, 3.8) is 0 Å². The minimum absolute atomic E-state index is 0.294. The van der Waals surface area contributed by atoms with Crippen molar-refractivity contribution in [1.82, 2.24) is 9.88 Å². The van der Waals surface area contributed by atoms with Crippen LogP contribution in [0.15, 0.2) is 40.8 Å². The molecular formula is C15H17N3S. The normalized spacial score (nSPS) is 18.7. The number of thiazole rings is 1. The molecule has 4 heteroatoms. The molecule has 0 fully saturated rings. The second kappa shape index (κ2) is 5.13. The van der Waals surface area contributed by atoms with Crippen LogP contribution in [0.3, 0.4) is 0 Å². The molecule has 0 aliphatic carbocycles. The lowest BCUT2D eigenvalue weighted by Gasteiger charge is -2.27. The van der Waals surface area contributed by atoms with Crippen LogP contribution in [0.4, 0.5) is 5.69 Å². The van der Waals surface area contributed by atoms with Crippen molar-refractivity contribution < 1.29 is 0 Å². The van der Waals surface area contributed by atoms with Gasteiger partial charge < -0.3 is 4.90 Å². The highest BCUT2D eigenvalue weighted by Gasteiger charge is 2.25. The van der Waals surface area contributed by atoms with Crippen LogP contribution >= 0.6 is 11.3 Å². The Balaban J connectivity index is 2.08. The number of para-hydroxylation sites is 1. The summed E-state index contributed by atoms with van der Waals surface area (Å²) < 4.78 is 0. The van der Waals surface area contributed by atoms with Crippen LogP contribution in [0.1, 0.15) is 30.0 Å². The minimum Gasteiger partial charge on any atom is -0.353 e. The van der Waals surface area contributed by atoms with Gasteiger partial charge in [0.1, 0.15) is 10.8 Å². The topological polar surface area (TPSA) is 28.5 Å². The summed E-state index contributed by atoms with van der Waals surface area (Å²) in [4.78, 5) is 11.6. The van der Waals surface area contributed by atoms with Gasteiger partial charge in [-0.1, -0.05) is 25.1 Å². The van der Waals surface area contributed by atoms with E-state index in [1.165, 1.54) is 10.6 Å². The summed E-state index contributed by atoms with van der Waals surface area (Å²) >= 11 is 1.72. The molecule has 1 atom stereocenters. The molecule has 3 nitrogen and oxygen atoms in total. The molecule has 2 heterocycles. The molecule has 0 N–H and O–H groups in total. The highest BCUT2D eigenvalue weighted by Crippen LogP contribution is 2.33. The summed E-state index contributed by atoms with van der Waals surface area (Å²) in [7, 11) is 2.13. The van der Waals surface area contributed by atoms with Crippen LogP contribution < -0.4 is 0 Å². The monoisotopic (exact) mass is 271 g/mol. The Morgan fingerprint density at radius 1 is 1.37 bits per heavy atom. The van der Waals surface area contributed by atoms with Crippen LogP contribution in [0.25, 0.3) is 0 Å². The third kappa shape index (κ3) is 2.28. The molecule has 0 amide bonds. The minimum atomic E-state index is 0.294. The molecule has 0 saturated carbocycles. The van der Waals surface area contributed by atoms with E-state index in [2.05, 4.69) is 48.1 Å². The second-order valence-corrected chi connectivity index (χ2v) is 5.64. The van der Waals surface area contributed by atoms with Crippen molar-refractivity contribution >= 4 is 22.9 Å². The molecule has 0 bridgehead atoms. The van der Waals surface area contributed by atoms with E-state index < -0.39 is 0 Å². The average molecular weight is 271 g/mol. The molecule has 3 rings (SSSR count). The van der Waals surface area contributed by atoms with Crippen molar-refractivity contribution in [3.05, 3.63) is 46.4 Å². The largest absolute Gasteiger partial charge is 0.353 e. The predicted octanol–water partition coefficient (Wildman–Crippen LogP) is 3.81. The van der Waals surface area contributed by atoms with Crippen molar-refractivity contribution in [1.29, 1.82) is 0 Å². The number of fused-ring (bicyclic) bond motifs is 1. The van der Waals surface area contributed by atoms with Gasteiger partial charge in [0.25, 0.3) is 0 Å². The lowest BCUT2D eigenvalue weighted by atomic mass is 10.0. The number of likely N-dealkylation sites (N-methyl/N-ethyl adjacent to an activating group) is 1. The Labute approximate surface area is 117 Å². The zero-order chi connectivity index (χ0) is 13.2. The molecule has 1 aliphatic heterocycles.